The van der Waals surface area contributed by atoms with Gasteiger partial charge in [0.1, 0.15) is 4.60 Å². The van der Waals surface area contributed by atoms with Gasteiger partial charge in [0.25, 0.3) is 0 Å². The van der Waals surface area contributed by atoms with Gasteiger partial charge in [0.2, 0.25) is 0 Å². The molecule has 1 unspecified atom stereocenters. The smallest absolute Gasteiger partial charge is 0.104 e. The van der Waals surface area contributed by atoms with Crippen molar-refractivity contribution < 1.29 is 0 Å². The molecule has 1 fully saturated rings. The van der Waals surface area contributed by atoms with Crippen molar-refractivity contribution in [2.75, 3.05) is 13.1 Å². The Morgan fingerprint density at radius 1 is 1.47 bits per heavy atom. The highest BCUT2D eigenvalue weighted by atomic mass is 79.9. The molecule has 0 N–H and O–H groups in total. The first kappa shape index (κ1) is 11.1. The molecule has 2 rings (SSSR count). The van der Waals surface area contributed by atoms with Crippen LogP contribution in [0.3, 0.4) is 0 Å². The van der Waals surface area contributed by atoms with E-state index in [0.29, 0.717) is 6.04 Å². The van der Waals surface area contributed by atoms with E-state index in [1.807, 2.05) is 12.3 Å². The summed E-state index contributed by atoms with van der Waals surface area (Å²) in [4.78, 5) is 2.52. The molecule has 0 saturated carbocycles. The van der Waals surface area contributed by atoms with Gasteiger partial charge < -0.3 is 0 Å². The number of hydrogen-bond donors (Lipinski definition) is 0. The van der Waals surface area contributed by atoms with Gasteiger partial charge in [-0.25, -0.2) is 0 Å². The number of nitrogens with zero attached hydrogens (tertiary/aromatic N) is 3. The Kier molecular flexibility index (Phi) is 2.90. The van der Waals surface area contributed by atoms with Crippen LogP contribution in [0.1, 0.15) is 33.2 Å². The first-order valence-electron chi connectivity index (χ1n) is 5.42. The monoisotopic (exact) mass is 271 g/mol. The molecule has 15 heavy (non-hydrogen) atoms. The Labute approximate surface area is 99.6 Å². The third-order valence-corrected chi connectivity index (χ3v) is 3.71. The average molecular weight is 272 g/mol. The van der Waals surface area contributed by atoms with Crippen molar-refractivity contribution in [2.45, 2.75) is 38.8 Å². The second-order valence-corrected chi connectivity index (χ2v) is 5.97. The Morgan fingerprint density at radius 3 is 2.67 bits per heavy atom. The molecule has 2 heterocycles. The zero-order valence-corrected chi connectivity index (χ0v) is 11.2. The number of aromatic nitrogens is 2. The molecular formula is C11H18BrN3. The first-order chi connectivity index (χ1) is 6.98. The highest BCUT2D eigenvalue weighted by Crippen LogP contribution is 2.29. The summed E-state index contributed by atoms with van der Waals surface area (Å²) >= 11 is 3.53. The lowest BCUT2D eigenvalue weighted by molar-refractivity contribution is 0.167. The first-order valence-corrected chi connectivity index (χ1v) is 6.22. The standard InChI is InChI=1S/C11H18BrN3/c1-11(2,3)14-7-5-9(8-14)15-10(12)4-6-13-15/h4,6,9H,5,7-8H2,1-3H3. The van der Waals surface area contributed by atoms with Crippen molar-refractivity contribution in [3.05, 3.63) is 16.9 Å². The molecule has 1 aliphatic rings. The molecule has 84 valence electrons. The van der Waals surface area contributed by atoms with Crippen molar-refractivity contribution >= 4 is 15.9 Å². The molecule has 0 aliphatic carbocycles. The quantitative estimate of drug-likeness (QED) is 0.783. The van der Waals surface area contributed by atoms with Gasteiger partial charge in [-0.1, -0.05) is 0 Å². The van der Waals surface area contributed by atoms with Gasteiger partial charge in [0.05, 0.1) is 12.2 Å². The summed E-state index contributed by atoms with van der Waals surface area (Å²) in [6, 6.07) is 2.52. The highest BCUT2D eigenvalue weighted by molar-refractivity contribution is 9.10. The van der Waals surface area contributed by atoms with Crippen LogP contribution in [0.25, 0.3) is 0 Å². The van der Waals surface area contributed by atoms with E-state index < -0.39 is 0 Å². The molecule has 1 aromatic heterocycles. The number of rotatable bonds is 1. The van der Waals surface area contributed by atoms with E-state index in [0.717, 1.165) is 11.1 Å². The van der Waals surface area contributed by atoms with E-state index in [4.69, 9.17) is 0 Å². The van der Waals surface area contributed by atoms with E-state index in [1.165, 1.54) is 13.0 Å². The van der Waals surface area contributed by atoms with Crippen molar-refractivity contribution in [1.82, 2.24) is 14.7 Å². The van der Waals surface area contributed by atoms with E-state index >= 15 is 0 Å². The average Bonchev–Trinajstić information content (AvgIpc) is 2.69. The fourth-order valence-corrected chi connectivity index (χ4v) is 2.62. The van der Waals surface area contributed by atoms with Crippen LogP contribution in [-0.4, -0.2) is 33.3 Å². The van der Waals surface area contributed by atoms with Crippen LogP contribution < -0.4 is 0 Å². The fraction of sp³-hybridized carbons (Fsp3) is 0.727. The predicted octanol–water partition coefficient (Wildman–Crippen LogP) is 2.69. The molecule has 1 aliphatic heterocycles. The van der Waals surface area contributed by atoms with Crippen LogP contribution in [0.2, 0.25) is 0 Å². The Morgan fingerprint density at radius 2 is 2.20 bits per heavy atom. The largest absolute Gasteiger partial charge is 0.296 e. The lowest BCUT2D eigenvalue weighted by Gasteiger charge is -2.31. The van der Waals surface area contributed by atoms with Crippen LogP contribution in [0, 0.1) is 0 Å². The molecule has 3 nitrogen and oxygen atoms in total. The highest BCUT2D eigenvalue weighted by Gasteiger charge is 2.31. The second kappa shape index (κ2) is 3.91. The summed E-state index contributed by atoms with van der Waals surface area (Å²) in [7, 11) is 0. The summed E-state index contributed by atoms with van der Waals surface area (Å²) in [5.74, 6) is 0. The van der Waals surface area contributed by atoms with E-state index in [9.17, 15) is 0 Å². The maximum absolute atomic E-state index is 4.36. The van der Waals surface area contributed by atoms with Crippen LogP contribution in [0.15, 0.2) is 16.9 Å². The number of likely N-dealkylation sites (tertiary alicyclic amines) is 1. The lowest BCUT2D eigenvalue weighted by atomic mass is 10.1. The molecule has 1 aromatic rings. The molecule has 0 aromatic carbocycles. The topological polar surface area (TPSA) is 21.1 Å². The number of halogens is 1. The maximum atomic E-state index is 4.36. The van der Waals surface area contributed by atoms with Gasteiger partial charge in [0.15, 0.2) is 0 Å². The van der Waals surface area contributed by atoms with Gasteiger partial charge in [-0.15, -0.1) is 0 Å². The normalized spacial score (nSPS) is 23.6. The zero-order valence-electron chi connectivity index (χ0n) is 9.57. The van der Waals surface area contributed by atoms with Crippen LogP contribution in [0.5, 0.6) is 0 Å². The summed E-state index contributed by atoms with van der Waals surface area (Å²) in [5, 5.41) is 4.36. The SMILES string of the molecule is CC(C)(C)N1CCC(n2nccc2Br)C1. The Hall–Kier alpha value is -0.350. The summed E-state index contributed by atoms with van der Waals surface area (Å²) < 4.78 is 3.18. The van der Waals surface area contributed by atoms with Crippen LogP contribution in [0.4, 0.5) is 0 Å². The van der Waals surface area contributed by atoms with E-state index in [2.05, 4.69) is 51.4 Å². The van der Waals surface area contributed by atoms with Crippen LogP contribution in [-0.2, 0) is 0 Å². The van der Waals surface area contributed by atoms with Gasteiger partial charge >= 0.3 is 0 Å². The van der Waals surface area contributed by atoms with Crippen molar-refractivity contribution in [2.24, 2.45) is 0 Å². The van der Waals surface area contributed by atoms with Gasteiger partial charge in [-0.2, -0.15) is 5.10 Å². The molecule has 0 bridgehead atoms. The van der Waals surface area contributed by atoms with Gasteiger partial charge in [-0.05, 0) is 49.2 Å². The molecule has 1 saturated heterocycles. The molecule has 0 amide bonds. The van der Waals surface area contributed by atoms with Crippen LogP contribution >= 0.6 is 15.9 Å². The maximum Gasteiger partial charge on any atom is 0.104 e. The zero-order chi connectivity index (χ0) is 11.1. The Balaban J connectivity index is 2.08. The molecule has 0 spiro atoms. The summed E-state index contributed by atoms with van der Waals surface area (Å²) in [5.41, 5.74) is 0.272. The van der Waals surface area contributed by atoms with Crippen molar-refractivity contribution in [1.29, 1.82) is 0 Å². The second-order valence-electron chi connectivity index (χ2n) is 5.16. The summed E-state index contributed by atoms with van der Waals surface area (Å²) in [6.45, 7) is 9.08. The van der Waals surface area contributed by atoms with Gasteiger partial charge in [-0.3, -0.25) is 9.58 Å². The van der Waals surface area contributed by atoms with Crippen molar-refractivity contribution in [3.63, 3.8) is 0 Å². The molecule has 1 atom stereocenters. The molecule has 0 radical (unpaired) electrons. The van der Waals surface area contributed by atoms with Gasteiger partial charge in [0, 0.05) is 18.6 Å². The molecular weight excluding hydrogens is 254 g/mol. The summed E-state index contributed by atoms with van der Waals surface area (Å²) in [6.07, 6.45) is 3.04. The lowest BCUT2D eigenvalue weighted by Crippen LogP contribution is -2.39. The minimum absolute atomic E-state index is 0.272. The van der Waals surface area contributed by atoms with Crippen molar-refractivity contribution in [3.8, 4) is 0 Å². The number of hydrogen-bond acceptors (Lipinski definition) is 2. The van der Waals surface area contributed by atoms with E-state index in [-0.39, 0.29) is 5.54 Å². The third-order valence-electron chi connectivity index (χ3n) is 3.08. The molecule has 4 heteroatoms. The Bertz CT molecular complexity index is 340. The predicted molar refractivity (Wildman–Crippen MR) is 64.9 cm³/mol. The third kappa shape index (κ3) is 2.26. The van der Waals surface area contributed by atoms with E-state index in [1.54, 1.807) is 0 Å². The fourth-order valence-electron chi connectivity index (χ4n) is 2.12. The minimum Gasteiger partial charge on any atom is -0.296 e. The minimum atomic E-state index is 0.272.